The first-order chi connectivity index (χ1) is 10.1. The minimum absolute atomic E-state index is 0.0378. The number of hydrogen-bond acceptors (Lipinski definition) is 2. The van der Waals surface area contributed by atoms with E-state index in [0.717, 1.165) is 18.4 Å². The maximum absolute atomic E-state index is 12.4. The largest absolute Gasteiger partial charge is 0.342 e. The Labute approximate surface area is 125 Å². The van der Waals surface area contributed by atoms with E-state index in [1.54, 1.807) is 11.8 Å². The fourth-order valence-electron chi connectivity index (χ4n) is 2.59. The molecule has 0 bridgehead atoms. The molecule has 0 saturated carbocycles. The molecular formula is C17H20N2O2. The van der Waals surface area contributed by atoms with Crippen LogP contribution in [-0.4, -0.2) is 29.3 Å². The number of piperazine rings is 1. The third-order valence-electron chi connectivity index (χ3n) is 3.66. The predicted molar refractivity (Wildman–Crippen MR) is 81.2 cm³/mol. The SMILES string of the molecule is C#CCCCCN1C(=O)C(C)NC(=O)C1c1ccccc1. The maximum atomic E-state index is 12.4. The lowest BCUT2D eigenvalue weighted by Crippen LogP contribution is -2.58. The van der Waals surface area contributed by atoms with E-state index in [4.69, 9.17) is 6.42 Å². The van der Waals surface area contributed by atoms with E-state index in [9.17, 15) is 9.59 Å². The highest BCUT2D eigenvalue weighted by Crippen LogP contribution is 2.25. The van der Waals surface area contributed by atoms with Crippen molar-refractivity contribution < 1.29 is 9.59 Å². The first-order valence-electron chi connectivity index (χ1n) is 7.24. The summed E-state index contributed by atoms with van der Waals surface area (Å²) in [6.45, 7) is 2.27. The van der Waals surface area contributed by atoms with Crippen molar-refractivity contribution in [3.63, 3.8) is 0 Å². The molecule has 1 N–H and O–H groups in total. The zero-order valence-electron chi connectivity index (χ0n) is 12.2. The summed E-state index contributed by atoms with van der Waals surface area (Å²) in [5.74, 6) is 2.44. The molecule has 4 heteroatoms. The second-order valence-electron chi connectivity index (χ2n) is 5.24. The molecule has 0 radical (unpaired) electrons. The van der Waals surface area contributed by atoms with Gasteiger partial charge in [0, 0.05) is 13.0 Å². The topological polar surface area (TPSA) is 49.4 Å². The number of amides is 2. The van der Waals surface area contributed by atoms with Gasteiger partial charge >= 0.3 is 0 Å². The summed E-state index contributed by atoms with van der Waals surface area (Å²) in [6, 6.07) is 8.39. The zero-order chi connectivity index (χ0) is 15.2. The second-order valence-corrected chi connectivity index (χ2v) is 5.24. The van der Waals surface area contributed by atoms with Gasteiger partial charge in [-0.15, -0.1) is 12.3 Å². The zero-order valence-corrected chi connectivity index (χ0v) is 12.2. The summed E-state index contributed by atoms with van der Waals surface area (Å²) in [5, 5.41) is 2.75. The summed E-state index contributed by atoms with van der Waals surface area (Å²) < 4.78 is 0. The molecule has 1 aliphatic heterocycles. The van der Waals surface area contributed by atoms with Gasteiger partial charge in [-0.05, 0) is 25.3 Å². The number of carbonyl (C=O) groups is 2. The van der Waals surface area contributed by atoms with Crippen molar-refractivity contribution in [1.82, 2.24) is 10.2 Å². The highest BCUT2D eigenvalue weighted by molar-refractivity contribution is 5.97. The minimum atomic E-state index is -0.541. The molecule has 2 unspecified atom stereocenters. The minimum Gasteiger partial charge on any atom is -0.342 e. The smallest absolute Gasteiger partial charge is 0.248 e. The number of hydrogen-bond donors (Lipinski definition) is 1. The van der Waals surface area contributed by atoms with Gasteiger partial charge in [-0.1, -0.05) is 30.3 Å². The standard InChI is InChI=1S/C17H20N2O2/c1-3-4-5-9-12-19-15(14-10-7-6-8-11-14)16(20)18-13(2)17(19)21/h1,6-8,10-11,13,15H,4-5,9,12H2,2H3,(H,18,20). The Kier molecular flexibility index (Phi) is 4.99. The predicted octanol–water partition coefficient (Wildman–Crippen LogP) is 1.88. The number of nitrogens with zero attached hydrogens (tertiary/aromatic N) is 1. The molecule has 1 aliphatic rings. The number of rotatable bonds is 5. The van der Waals surface area contributed by atoms with Crippen molar-refractivity contribution in [2.45, 2.75) is 38.3 Å². The van der Waals surface area contributed by atoms with Crippen LogP contribution in [0, 0.1) is 12.3 Å². The van der Waals surface area contributed by atoms with Crippen molar-refractivity contribution in [3.8, 4) is 12.3 Å². The lowest BCUT2D eigenvalue weighted by atomic mass is 9.99. The molecule has 1 aromatic carbocycles. The van der Waals surface area contributed by atoms with Crippen LogP contribution in [0.3, 0.4) is 0 Å². The third kappa shape index (κ3) is 3.43. The highest BCUT2D eigenvalue weighted by atomic mass is 16.2. The molecule has 1 aromatic rings. The Morgan fingerprint density at radius 3 is 2.62 bits per heavy atom. The summed E-state index contributed by atoms with van der Waals surface area (Å²) >= 11 is 0. The van der Waals surface area contributed by atoms with Crippen LogP contribution in [0.2, 0.25) is 0 Å². The van der Waals surface area contributed by atoms with Crippen molar-refractivity contribution in [2.24, 2.45) is 0 Å². The van der Waals surface area contributed by atoms with Gasteiger partial charge < -0.3 is 10.2 Å². The van der Waals surface area contributed by atoms with Crippen molar-refractivity contribution in [1.29, 1.82) is 0 Å². The Hall–Kier alpha value is -2.28. The molecule has 4 nitrogen and oxygen atoms in total. The van der Waals surface area contributed by atoms with Gasteiger partial charge in [0.2, 0.25) is 11.8 Å². The number of terminal acetylenes is 1. The molecule has 1 heterocycles. The van der Waals surface area contributed by atoms with Gasteiger partial charge in [-0.3, -0.25) is 9.59 Å². The van der Waals surface area contributed by atoms with Gasteiger partial charge in [0.25, 0.3) is 0 Å². The van der Waals surface area contributed by atoms with Crippen LogP contribution in [0.5, 0.6) is 0 Å². The van der Waals surface area contributed by atoms with E-state index in [1.807, 2.05) is 30.3 Å². The van der Waals surface area contributed by atoms with E-state index in [-0.39, 0.29) is 11.8 Å². The molecular weight excluding hydrogens is 264 g/mol. The number of carbonyl (C=O) groups excluding carboxylic acids is 2. The van der Waals surface area contributed by atoms with Crippen LogP contribution in [0.4, 0.5) is 0 Å². The summed E-state index contributed by atoms with van der Waals surface area (Å²) in [4.78, 5) is 26.4. The molecule has 0 aromatic heterocycles. The van der Waals surface area contributed by atoms with Gasteiger partial charge in [0.15, 0.2) is 0 Å². The maximum Gasteiger partial charge on any atom is 0.248 e. The average molecular weight is 284 g/mol. The Morgan fingerprint density at radius 1 is 1.24 bits per heavy atom. The summed E-state index contributed by atoms with van der Waals surface area (Å²) in [5.41, 5.74) is 0.840. The second kappa shape index (κ2) is 6.94. The van der Waals surface area contributed by atoms with Gasteiger partial charge in [0.05, 0.1) is 0 Å². The van der Waals surface area contributed by atoms with E-state index in [0.29, 0.717) is 13.0 Å². The van der Waals surface area contributed by atoms with Crippen LogP contribution < -0.4 is 5.32 Å². The van der Waals surface area contributed by atoms with Crippen LogP contribution in [-0.2, 0) is 9.59 Å². The third-order valence-corrected chi connectivity index (χ3v) is 3.66. The molecule has 2 atom stereocenters. The van der Waals surface area contributed by atoms with Crippen molar-refractivity contribution >= 4 is 11.8 Å². The van der Waals surface area contributed by atoms with Gasteiger partial charge in [0.1, 0.15) is 12.1 Å². The van der Waals surface area contributed by atoms with E-state index >= 15 is 0 Å². The lowest BCUT2D eigenvalue weighted by molar-refractivity contribution is -0.149. The van der Waals surface area contributed by atoms with Crippen LogP contribution >= 0.6 is 0 Å². The van der Waals surface area contributed by atoms with E-state index in [1.165, 1.54) is 0 Å². The molecule has 1 fully saturated rings. The Morgan fingerprint density at radius 2 is 1.95 bits per heavy atom. The fraction of sp³-hybridized carbons (Fsp3) is 0.412. The van der Waals surface area contributed by atoms with E-state index < -0.39 is 12.1 Å². The quantitative estimate of drug-likeness (QED) is 0.663. The molecule has 1 saturated heterocycles. The number of nitrogens with one attached hydrogen (secondary N) is 1. The molecule has 2 rings (SSSR count). The fourth-order valence-corrected chi connectivity index (χ4v) is 2.59. The van der Waals surface area contributed by atoms with Crippen molar-refractivity contribution in [3.05, 3.63) is 35.9 Å². The highest BCUT2D eigenvalue weighted by Gasteiger charge is 2.38. The van der Waals surface area contributed by atoms with Gasteiger partial charge in [-0.25, -0.2) is 0 Å². The summed E-state index contributed by atoms with van der Waals surface area (Å²) in [7, 11) is 0. The molecule has 21 heavy (non-hydrogen) atoms. The normalized spacial score (nSPS) is 21.8. The molecule has 110 valence electrons. The van der Waals surface area contributed by atoms with Crippen molar-refractivity contribution in [2.75, 3.05) is 6.54 Å². The van der Waals surface area contributed by atoms with Gasteiger partial charge in [-0.2, -0.15) is 0 Å². The van der Waals surface area contributed by atoms with Crippen LogP contribution in [0.25, 0.3) is 0 Å². The van der Waals surface area contributed by atoms with E-state index in [2.05, 4.69) is 11.2 Å². The van der Waals surface area contributed by atoms with Crippen LogP contribution in [0.1, 0.15) is 37.8 Å². The number of unbranched alkanes of at least 4 members (excludes halogenated alkanes) is 2. The molecule has 2 amide bonds. The number of benzene rings is 1. The summed E-state index contributed by atoms with van der Waals surface area (Å²) in [6.07, 6.45) is 7.60. The first kappa shape index (κ1) is 15.1. The lowest BCUT2D eigenvalue weighted by Gasteiger charge is -2.38. The Bertz CT molecular complexity index is 548. The molecule has 0 aliphatic carbocycles. The average Bonchev–Trinajstić information content (AvgIpc) is 2.49. The first-order valence-corrected chi connectivity index (χ1v) is 7.24. The van der Waals surface area contributed by atoms with Crippen LogP contribution in [0.15, 0.2) is 30.3 Å². The monoisotopic (exact) mass is 284 g/mol. The molecule has 0 spiro atoms. The Balaban J connectivity index is 2.19.